The molecule has 0 radical (unpaired) electrons. The summed E-state index contributed by atoms with van der Waals surface area (Å²) in [6, 6.07) is 7.39. The van der Waals surface area contributed by atoms with Crippen molar-refractivity contribution in [3.8, 4) is 17.6 Å². The van der Waals surface area contributed by atoms with Gasteiger partial charge in [0.25, 0.3) is 0 Å². The Bertz CT molecular complexity index is 546. The average Bonchev–Trinajstić information content (AvgIpc) is 2.59. The molecule has 0 aliphatic rings. The van der Waals surface area contributed by atoms with Crippen LogP contribution < -0.4 is 4.74 Å². The Kier molecular flexibility index (Phi) is 8.27. The summed E-state index contributed by atoms with van der Waals surface area (Å²) in [4.78, 5) is 0. The minimum absolute atomic E-state index is 0.0538. The number of hydrogen-bond acceptors (Lipinski definition) is 4. The third-order valence-corrected chi connectivity index (χ3v) is 4.77. The Morgan fingerprint density at radius 3 is 2.33 bits per heavy atom. The Morgan fingerprint density at radius 1 is 1.25 bits per heavy atom. The highest BCUT2D eigenvalue weighted by Crippen LogP contribution is 2.31. The number of hydroxylamine groups is 2. The van der Waals surface area contributed by atoms with Crippen LogP contribution in [0.5, 0.6) is 5.75 Å². The summed E-state index contributed by atoms with van der Waals surface area (Å²) in [5, 5.41) is 12.0. The van der Waals surface area contributed by atoms with Crippen molar-refractivity contribution in [3.05, 3.63) is 29.8 Å². The second-order valence-corrected chi connectivity index (χ2v) is 6.34. The van der Waals surface area contributed by atoms with E-state index < -0.39 is 0 Å². The van der Waals surface area contributed by atoms with E-state index in [1.165, 1.54) is 5.06 Å². The molecule has 3 atom stereocenters. The summed E-state index contributed by atoms with van der Waals surface area (Å²) in [6.45, 7) is 8.52. The van der Waals surface area contributed by atoms with Gasteiger partial charge in [-0.2, -0.15) is 5.06 Å². The Morgan fingerprint density at radius 2 is 1.88 bits per heavy atom. The molecule has 1 rings (SSSR count). The van der Waals surface area contributed by atoms with Gasteiger partial charge in [0.2, 0.25) is 0 Å². The lowest BCUT2D eigenvalue weighted by atomic mass is 9.81. The second kappa shape index (κ2) is 9.68. The van der Waals surface area contributed by atoms with Crippen LogP contribution in [-0.2, 0) is 11.3 Å². The summed E-state index contributed by atoms with van der Waals surface area (Å²) >= 11 is 0. The minimum atomic E-state index is -0.329. The van der Waals surface area contributed by atoms with Crippen LogP contribution in [-0.4, -0.2) is 36.1 Å². The molecule has 1 aromatic rings. The summed E-state index contributed by atoms with van der Waals surface area (Å²) in [7, 11) is 3.37. The maximum absolute atomic E-state index is 10.7. The zero-order chi connectivity index (χ0) is 18.2. The maximum Gasteiger partial charge on any atom is 0.118 e. The van der Waals surface area contributed by atoms with E-state index in [1.807, 2.05) is 24.3 Å². The molecule has 134 valence electrons. The van der Waals surface area contributed by atoms with E-state index in [2.05, 4.69) is 32.6 Å². The van der Waals surface area contributed by atoms with E-state index in [4.69, 9.17) is 9.47 Å². The van der Waals surface area contributed by atoms with Crippen molar-refractivity contribution in [1.82, 2.24) is 5.06 Å². The van der Waals surface area contributed by atoms with Crippen LogP contribution in [0.1, 0.15) is 46.1 Å². The zero-order valence-electron chi connectivity index (χ0n) is 15.8. The molecule has 0 aliphatic heterocycles. The van der Waals surface area contributed by atoms with Crippen molar-refractivity contribution >= 4 is 0 Å². The van der Waals surface area contributed by atoms with E-state index >= 15 is 0 Å². The molecule has 3 unspecified atom stereocenters. The molecule has 0 bridgehead atoms. The second-order valence-electron chi connectivity index (χ2n) is 6.34. The molecule has 24 heavy (non-hydrogen) atoms. The molecule has 1 aromatic carbocycles. The summed E-state index contributed by atoms with van der Waals surface area (Å²) in [6.07, 6.45) is 1.94. The van der Waals surface area contributed by atoms with Crippen molar-refractivity contribution in [2.24, 2.45) is 5.92 Å². The van der Waals surface area contributed by atoms with Crippen LogP contribution in [0.2, 0.25) is 0 Å². The van der Waals surface area contributed by atoms with E-state index in [0.717, 1.165) is 24.2 Å². The first-order valence-corrected chi connectivity index (χ1v) is 8.47. The molecule has 0 fully saturated rings. The van der Waals surface area contributed by atoms with Crippen molar-refractivity contribution in [2.45, 2.75) is 58.7 Å². The molecule has 0 aromatic heterocycles. The van der Waals surface area contributed by atoms with Gasteiger partial charge in [-0.3, -0.25) is 0 Å². The Hall–Kier alpha value is -1.54. The number of hydrogen-bond donors (Lipinski definition) is 1. The molecule has 0 aliphatic carbocycles. The normalized spacial score (nSPS) is 16.0. The van der Waals surface area contributed by atoms with Crippen molar-refractivity contribution in [3.63, 3.8) is 0 Å². The van der Waals surface area contributed by atoms with Gasteiger partial charge in [-0.05, 0) is 38.0 Å². The molecule has 0 spiro atoms. The van der Waals surface area contributed by atoms with Gasteiger partial charge in [0, 0.05) is 13.0 Å². The van der Waals surface area contributed by atoms with E-state index in [9.17, 15) is 5.21 Å². The highest BCUT2D eigenvalue weighted by atomic mass is 16.5. The topological polar surface area (TPSA) is 41.9 Å². The zero-order valence-corrected chi connectivity index (χ0v) is 15.8. The Labute approximate surface area is 146 Å². The third kappa shape index (κ3) is 5.24. The lowest BCUT2D eigenvalue weighted by molar-refractivity contribution is -0.160. The summed E-state index contributed by atoms with van der Waals surface area (Å²) in [5.41, 5.74) is 0.674. The highest BCUT2D eigenvalue weighted by molar-refractivity contribution is 5.27. The van der Waals surface area contributed by atoms with Gasteiger partial charge < -0.3 is 14.7 Å². The van der Waals surface area contributed by atoms with Crippen LogP contribution in [0.4, 0.5) is 0 Å². The molecular weight excluding hydrogens is 302 g/mol. The molecule has 4 heteroatoms. The predicted octanol–water partition coefficient (Wildman–Crippen LogP) is 4.12. The molecule has 0 heterocycles. The van der Waals surface area contributed by atoms with Crippen LogP contribution >= 0.6 is 0 Å². The van der Waals surface area contributed by atoms with Gasteiger partial charge in [0.15, 0.2) is 0 Å². The van der Waals surface area contributed by atoms with Gasteiger partial charge in [-0.25, -0.2) is 0 Å². The van der Waals surface area contributed by atoms with Gasteiger partial charge in [-0.15, -0.1) is 5.92 Å². The fourth-order valence-corrected chi connectivity index (χ4v) is 2.97. The van der Waals surface area contributed by atoms with Crippen LogP contribution in [0, 0.1) is 17.8 Å². The van der Waals surface area contributed by atoms with Crippen molar-refractivity contribution in [2.75, 3.05) is 14.2 Å². The van der Waals surface area contributed by atoms with Crippen LogP contribution in [0.15, 0.2) is 24.3 Å². The Balaban J connectivity index is 2.93. The first kappa shape index (κ1) is 20.5. The van der Waals surface area contributed by atoms with Crippen LogP contribution in [0.3, 0.4) is 0 Å². The van der Waals surface area contributed by atoms with E-state index in [0.29, 0.717) is 6.54 Å². The SMILES string of the molecule is CC#CC(C(C)C(C)(CCC)OC)N(O)Cc1ccc(OC)cc1. The van der Waals surface area contributed by atoms with Crippen molar-refractivity contribution < 1.29 is 14.7 Å². The number of ether oxygens (including phenoxy) is 2. The highest BCUT2D eigenvalue weighted by Gasteiger charge is 2.37. The van der Waals surface area contributed by atoms with Gasteiger partial charge in [-0.1, -0.05) is 38.3 Å². The quantitative estimate of drug-likeness (QED) is 0.545. The number of rotatable bonds is 9. The first-order valence-electron chi connectivity index (χ1n) is 8.47. The lowest BCUT2D eigenvalue weighted by Gasteiger charge is -2.39. The van der Waals surface area contributed by atoms with E-state index in [-0.39, 0.29) is 17.6 Å². The standard InChI is InChI=1S/C20H31NO3/c1-7-9-19(16(3)20(4,24-6)14-8-2)21(22)15-17-10-12-18(23-5)13-11-17/h10-13,16,19,22H,8,14-15H2,1-6H3. The predicted molar refractivity (Wildman–Crippen MR) is 97.0 cm³/mol. The van der Waals surface area contributed by atoms with Crippen LogP contribution in [0.25, 0.3) is 0 Å². The number of benzene rings is 1. The largest absolute Gasteiger partial charge is 0.497 e. The maximum atomic E-state index is 10.7. The minimum Gasteiger partial charge on any atom is -0.497 e. The average molecular weight is 333 g/mol. The molecule has 4 nitrogen and oxygen atoms in total. The molecular formula is C20H31NO3. The molecule has 0 amide bonds. The van der Waals surface area contributed by atoms with Crippen molar-refractivity contribution in [1.29, 1.82) is 0 Å². The summed E-state index contributed by atoms with van der Waals surface area (Å²) in [5.74, 6) is 6.95. The number of nitrogens with zero attached hydrogens (tertiary/aromatic N) is 1. The monoisotopic (exact) mass is 333 g/mol. The van der Waals surface area contributed by atoms with Gasteiger partial charge in [0.05, 0.1) is 19.3 Å². The fourth-order valence-electron chi connectivity index (χ4n) is 2.97. The molecule has 0 saturated carbocycles. The number of methoxy groups -OCH3 is 2. The van der Waals surface area contributed by atoms with E-state index in [1.54, 1.807) is 21.1 Å². The lowest BCUT2D eigenvalue weighted by Crippen LogP contribution is -2.47. The summed E-state index contributed by atoms with van der Waals surface area (Å²) < 4.78 is 10.9. The first-order chi connectivity index (χ1) is 11.4. The fraction of sp³-hybridized carbons (Fsp3) is 0.600. The molecule has 0 saturated heterocycles. The smallest absolute Gasteiger partial charge is 0.118 e. The van der Waals surface area contributed by atoms with Gasteiger partial charge >= 0.3 is 0 Å². The molecule has 1 N–H and O–H groups in total. The third-order valence-electron chi connectivity index (χ3n) is 4.77. The van der Waals surface area contributed by atoms with Gasteiger partial charge in [0.1, 0.15) is 11.8 Å².